The minimum atomic E-state index is 0.431. The summed E-state index contributed by atoms with van der Waals surface area (Å²) in [5, 5.41) is 4.46. The molecule has 0 saturated carbocycles. The molecular formula is C14H18N4OS. The highest BCUT2D eigenvalue weighted by Crippen LogP contribution is 2.25. The first-order valence-electron chi connectivity index (χ1n) is 6.60. The molecule has 2 aromatic heterocycles. The predicted octanol–water partition coefficient (Wildman–Crippen LogP) is 3.48. The van der Waals surface area contributed by atoms with Gasteiger partial charge < -0.3 is 10.6 Å². The van der Waals surface area contributed by atoms with Gasteiger partial charge in [-0.2, -0.15) is 0 Å². The van der Waals surface area contributed by atoms with Crippen LogP contribution in [0.1, 0.15) is 31.7 Å². The van der Waals surface area contributed by atoms with Crippen LogP contribution in [0.4, 0.5) is 5.13 Å². The van der Waals surface area contributed by atoms with Crippen molar-refractivity contribution >= 4 is 22.7 Å². The zero-order chi connectivity index (χ0) is 14.2. The second kappa shape index (κ2) is 7.59. The molecule has 0 unspecified atom stereocenters. The summed E-state index contributed by atoms with van der Waals surface area (Å²) in [6.07, 6.45) is 8.59. The second-order valence-electron chi connectivity index (χ2n) is 4.32. The summed E-state index contributed by atoms with van der Waals surface area (Å²) < 4.78 is 0. The van der Waals surface area contributed by atoms with Gasteiger partial charge >= 0.3 is 0 Å². The molecule has 0 aromatic carbocycles. The van der Waals surface area contributed by atoms with Gasteiger partial charge in [-0.05, 0) is 18.9 Å². The van der Waals surface area contributed by atoms with Crippen molar-refractivity contribution in [3.63, 3.8) is 0 Å². The largest absolute Gasteiger partial charge is 0.391 e. The molecule has 106 valence electrons. The van der Waals surface area contributed by atoms with Gasteiger partial charge in [0.1, 0.15) is 6.61 Å². The minimum Gasteiger partial charge on any atom is -0.391 e. The van der Waals surface area contributed by atoms with Crippen LogP contribution >= 0.6 is 11.3 Å². The van der Waals surface area contributed by atoms with E-state index in [9.17, 15) is 0 Å². The standard InChI is InChI=1S/C14H18N4OS/c1-2-3-4-7-18-19-10-11-5-6-12(16-8-11)13-9-17-14(15)20-13/h5-9H,2-4,10H2,1H3,(H2,15,17)/b18-7+. The van der Waals surface area contributed by atoms with Gasteiger partial charge in [0.15, 0.2) is 5.13 Å². The summed E-state index contributed by atoms with van der Waals surface area (Å²) in [7, 11) is 0. The topological polar surface area (TPSA) is 73.4 Å². The maximum atomic E-state index is 5.61. The molecule has 0 bridgehead atoms. The Labute approximate surface area is 122 Å². The Morgan fingerprint density at radius 3 is 2.90 bits per heavy atom. The van der Waals surface area contributed by atoms with E-state index in [0.717, 1.165) is 29.0 Å². The molecule has 2 aromatic rings. The normalized spacial score (nSPS) is 11.1. The van der Waals surface area contributed by atoms with Crippen molar-refractivity contribution in [3.05, 3.63) is 30.1 Å². The van der Waals surface area contributed by atoms with Crippen molar-refractivity contribution in [1.29, 1.82) is 0 Å². The number of hydrogen-bond acceptors (Lipinski definition) is 6. The number of nitrogens with zero attached hydrogens (tertiary/aromatic N) is 3. The quantitative estimate of drug-likeness (QED) is 0.481. The number of hydrogen-bond donors (Lipinski definition) is 1. The third-order valence-corrected chi connectivity index (χ3v) is 3.52. The molecule has 20 heavy (non-hydrogen) atoms. The van der Waals surface area contributed by atoms with Gasteiger partial charge in [-0.1, -0.05) is 35.9 Å². The fourth-order valence-corrected chi connectivity index (χ4v) is 2.24. The lowest BCUT2D eigenvalue weighted by molar-refractivity contribution is 0.131. The third kappa shape index (κ3) is 4.31. The lowest BCUT2D eigenvalue weighted by Crippen LogP contribution is -1.90. The first kappa shape index (κ1) is 14.5. The Morgan fingerprint density at radius 2 is 2.25 bits per heavy atom. The first-order valence-corrected chi connectivity index (χ1v) is 7.41. The van der Waals surface area contributed by atoms with Gasteiger partial charge in [-0.3, -0.25) is 4.98 Å². The highest BCUT2D eigenvalue weighted by atomic mass is 32.1. The monoisotopic (exact) mass is 290 g/mol. The lowest BCUT2D eigenvalue weighted by Gasteiger charge is -2.01. The van der Waals surface area contributed by atoms with Gasteiger partial charge in [0.05, 0.1) is 10.6 Å². The molecule has 0 aliphatic carbocycles. The molecule has 0 saturated heterocycles. The van der Waals surface area contributed by atoms with Crippen LogP contribution in [0.15, 0.2) is 29.7 Å². The van der Waals surface area contributed by atoms with E-state index in [4.69, 9.17) is 10.6 Å². The van der Waals surface area contributed by atoms with Crippen LogP contribution in [0.25, 0.3) is 10.6 Å². The van der Waals surface area contributed by atoms with Crippen molar-refractivity contribution in [2.75, 3.05) is 5.73 Å². The number of nitrogens with two attached hydrogens (primary N) is 1. The number of pyridine rings is 1. The first-order chi connectivity index (χ1) is 9.79. The van der Waals surface area contributed by atoms with Crippen LogP contribution < -0.4 is 5.73 Å². The van der Waals surface area contributed by atoms with E-state index in [1.54, 1.807) is 12.4 Å². The highest BCUT2D eigenvalue weighted by molar-refractivity contribution is 7.18. The molecule has 0 aliphatic rings. The zero-order valence-electron chi connectivity index (χ0n) is 11.5. The Balaban J connectivity index is 1.84. The molecule has 2 rings (SSSR count). The fourth-order valence-electron chi connectivity index (χ4n) is 1.57. The van der Waals surface area contributed by atoms with E-state index in [0.29, 0.717) is 11.7 Å². The number of aromatic nitrogens is 2. The molecule has 0 radical (unpaired) electrons. The maximum Gasteiger partial charge on any atom is 0.180 e. The summed E-state index contributed by atoms with van der Waals surface area (Å²) in [6, 6.07) is 3.91. The highest BCUT2D eigenvalue weighted by Gasteiger charge is 2.03. The van der Waals surface area contributed by atoms with Gasteiger partial charge in [0.25, 0.3) is 0 Å². The zero-order valence-corrected chi connectivity index (χ0v) is 12.3. The summed E-state index contributed by atoms with van der Waals surface area (Å²) in [4.78, 5) is 14.6. The Hall–Kier alpha value is -1.95. The number of thiazole rings is 1. The number of nitrogen functional groups attached to an aromatic ring is 1. The van der Waals surface area contributed by atoms with Crippen LogP contribution in [-0.2, 0) is 11.4 Å². The van der Waals surface area contributed by atoms with E-state index in [1.165, 1.54) is 17.8 Å². The van der Waals surface area contributed by atoms with E-state index < -0.39 is 0 Å². The molecule has 6 heteroatoms. The van der Waals surface area contributed by atoms with Crippen LogP contribution in [0, 0.1) is 0 Å². The summed E-state index contributed by atoms with van der Waals surface area (Å²) in [5.74, 6) is 0. The fraction of sp³-hybridized carbons (Fsp3) is 0.357. The van der Waals surface area contributed by atoms with Crippen molar-refractivity contribution in [1.82, 2.24) is 9.97 Å². The SMILES string of the molecule is CCCC/C=N/OCc1ccc(-c2cnc(N)s2)nc1. The van der Waals surface area contributed by atoms with Crippen molar-refractivity contribution in [3.8, 4) is 10.6 Å². The van der Waals surface area contributed by atoms with Crippen molar-refractivity contribution in [2.45, 2.75) is 32.8 Å². The number of unbranched alkanes of at least 4 members (excludes halogenated alkanes) is 2. The molecule has 0 spiro atoms. The maximum absolute atomic E-state index is 5.61. The molecule has 0 fully saturated rings. The summed E-state index contributed by atoms with van der Waals surface area (Å²) in [5.41, 5.74) is 7.46. The van der Waals surface area contributed by atoms with Crippen molar-refractivity contribution < 1.29 is 4.84 Å². The van der Waals surface area contributed by atoms with Crippen LogP contribution in [-0.4, -0.2) is 16.2 Å². The molecule has 0 aliphatic heterocycles. The summed E-state index contributed by atoms with van der Waals surface area (Å²) in [6.45, 7) is 2.58. The molecular weight excluding hydrogens is 272 g/mol. The smallest absolute Gasteiger partial charge is 0.180 e. The molecule has 0 atom stereocenters. The Bertz CT molecular complexity index is 551. The number of rotatable bonds is 7. The van der Waals surface area contributed by atoms with E-state index in [2.05, 4.69) is 22.0 Å². The Kier molecular flexibility index (Phi) is 5.49. The van der Waals surface area contributed by atoms with Gasteiger partial charge in [-0.15, -0.1) is 0 Å². The average molecular weight is 290 g/mol. The Morgan fingerprint density at radius 1 is 1.35 bits per heavy atom. The van der Waals surface area contributed by atoms with Crippen molar-refractivity contribution in [2.24, 2.45) is 5.16 Å². The number of anilines is 1. The van der Waals surface area contributed by atoms with Crippen LogP contribution in [0.5, 0.6) is 0 Å². The van der Waals surface area contributed by atoms with Gasteiger partial charge in [0, 0.05) is 24.2 Å². The van der Waals surface area contributed by atoms with E-state index in [1.807, 2.05) is 18.3 Å². The van der Waals surface area contributed by atoms with Crippen LogP contribution in [0.2, 0.25) is 0 Å². The van der Waals surface area contributed by atoms with E-state index in [-0.39, 0.29) is 0 Å². The molecule has 2 N–H and O–H groups in total. The molecule has 2 heterocycles. The van der Waals surface area contributed by atoms with Crippen LogP contribution in [0.3, 0.4) is 0 Å². The average Bonchev–Trinajstić information content (AvgIpc) is 2.90. The van der Waals surface area contributed by atoms with Gasteiger partial charge in [-0.25, -0.2) is 4.98 Å². The van der Waals surface area contributed by atoms with E-state index >= 15 is 0 Å². The number of oxime groups is 1. The summed E-state index contributed by atoms with van der Waals surface area (Å²) >= 11 is 1.43. The molecule has 0 amide bonds. The third-order valence-electron chi connectivity index (χ3n) is 2.67. The predicted molar refractivity (Wildman–Crippen MR) is 82.6 cm³/mol. The molecule has 5 nitrogen and oxygen atoms in total. The second-order valence-corrected chi connectivity index (χ2v) is 5.38. The van der Waals surface area contributed by atoms with Gasteiger partial charge in [0.2, 0.25) is 0 Å². The lowest BCUT2D eigenvalue weighted by atomic mass is 10.2. The minimum absolute atomic E-state index is 0.431.